The van der Waals surface area contributed by atoms with E-state index < -0.39 is 0 Å². The van der Waals surface area contributed by atoms with Crippen LogP contribution in [0.25, 0.3) is 0 Å². The van der Waals surface area contributed by atoms with Gasteiger partial charge in [0.15, 0.2) is 6.61 Å². The van der Waals surface area contributed by atoms with Gasteiger partial charge in [0.25, 0.3) is 5.91 Å². The van der Waals surface area contributed by atoms with Crippen molar-refractivity contribution < 1.29 is 14.3 Å². The van der Waals surface area contributed by atoms with Gasteiger partial charge >= 0.3 is 5.97 Å². The van der Waals surface area contributed by atoms with Crippen molar-refractivity contribution in [2.75, 3.05) is 12.4 Å². The van der Waals surface area contributed by atoms with E-state index in [1.165, 1.54) is 11.1 Å². The Kier molecular flexibility index (Phi) is 7.73. The van der Waals surface area contributed by atoms with E-state index in [1.807, 2.05) is 37.3 Å². The maximum atomic E-state index is 11.9. The van der Waals surface area contributed by atoms with Crippen LogP contribution in [0.1, 0.15) is 36.1 Å². The fourth-order valence-electron chi connectivity index (χ4n) is 2.38. The summed E-state index contributed by atoms with van der Waals surface area (Å²) < 4.78 is 5.06. The monoisotopic (exact) mass is 371 g/mol. The van der Waals surface area contributed by atoms with Gasteiger partial charge in [0.1, 0.15) is 0 Å². The van der Waals surface area contributed by atoms with E-state index in [2.05, 4.69) is 37.4 Å². The molecular weight excluding hydrogens is 346 g/mol. The van der Waals surface area contributed by atoms with Crippen molar-refractivity contribution in [3.8, 4) is 0 Å². The molecular formula is C21H25NO3S. The van der Waals surface area contributed by atoms with E-state index in [-0.39, 0.29) is 30.9 Å². The second kappa shape index (κ2) is 10.0. The van der Waals surface area contributed by atoms with Crippen molar-refractivity contribution in [3.05, 3.63) is 65.2 Å². The fraction of sp³-hybridized carbons (Fsp3) is 0.333. The summed E-state index contributed by atoms with van der Waals surface area (Å²) in [5.41, 5.74) is 3.50. The van der Waals surface area contributed by atoms with Crippen molar-refractivity contribution in [2.24, 2.45) is 0 Å². The van der Waals surface area contributed by atoms with Crippen LogP contribution in [0.15, 0.2) is 53.4 Å². The van der Waals surface area contributed by atoms with Crippen molar-refractivity contribution >= 4 is 23.6 Å². The zero-order valence-electron chi connectivity index (χ0n) is 15.5. The second-order valence-electron chi connectivity index (χ2n) is 6.21. The Morgan fingerprint density at radius 1 is 1.08 bits per heavy atom. The minimum atomic E-state index is -0.358. The van der Waals surface area contributed by atoms with Crippen LogP contribution in [0.4, 0.5) is 0 Å². The summed E-state index contributed by atoms with van der Waals surface area (Å²) in [4.78, 5) is 24.8. The Morgan fingerprint density at radius 3 is 2.50 bits per heavy atom. The minimum absolute atomic E-state index is 0.122. The number of thioether (sulfide) groups is 1. The lowest BCUT2D eigenvalue weighted by atomic mass is 10.1. The first-order valence-corrected chi connectivity index (χ1v) is 9.64. The molecule has 0 bridgehead atoms. The third-order valence-electron chi connectivity index (χ3n) is 4.09. The Hall–Kier alpha value is -2.27. The lowest BCUT2D eigenvalue weighted by Gasteiger charge is -2.14. The average Bonchev–Trinajstić information content (AvgIpc) is 2.63. The Bertz CT molecular complexity index is 746. The van der Waals surface area contributed by atoms with Gasteiger partial charge in [-0.25, -0.2) is 0 Å². The molecule has 5 heteroatoms. The van der Waals surface area contributed by atoms with E-state index in [9.17, 15) is 9.59 Å². The molecule has 0 heterocycles. The molecule has 1 N–H and O–H groups in total. The van der Waals surface area contributed by atoms with Crippen LogP contribution < -0.4 is 5.32 Å². The summed E-state index contributed by atoms with van der Waals surface area (Å²) in [6.45, 7) is 5.80. The zero-order chi connectivity index (χ0) is 18.9. The number of aryl methyl sites for hydroxylation is 2. The van der Waals surface area contributed by atoms with Crippen LogP contribution in [0.2, 0.25) is 0 Å². The van der Waals surface area contributed by atoms with Gasteiger partial charge in [-0.3, -0.25) is 9.59 Å². The highest BCUT2D eigenvalue weighted by atomic mass is 32.2. The first-order chi connectivity index (χ1) is 12.5. The Labute approximate surface area is 159 Å². The molecule has 0 aromatic heterocycles. The highest BCUT2D eigenvalue weighted by Crippen LogP contribution is 2.21. The molecule has 0 aliphatic rings. The summed E-state index contributed by atoms with van der Waals surface area (Å²) in [7, 11) is 0. The molecule has 0 radical (unpaired) electrons. The third-order valence-corrected chi connectivity index (χ3v) is 5.09. The van der Waals surface area contributed by atoms with Gasteiger partial charge in [0.2, 0.25) is 0 Å². The number of nitrogens with one attached hydrogen (secondary N) is 1. The maximum Gasteiger partial charge on any atom is 0.307 e. The normalized spacial score (nSPS) is 11.7. The number of carbonyl (C=O) groups is 2. The average molecular weight is 372 g/mol. The first-order valence-electron chi connectivity index (χ1n) is 8.65. The molecule has 0 fully saturated rings. The summed E-state index contributed by atoms with van der Waals surface area (Å²) in [5, 5.41) is 2.82. The van der Waals surface area contributed by atoms with Crippen molar-refractivity contribution in [2.45, 2.75) is 38.1 Å². The smallest absolute Gasteiger partial charge is 0.307 e. The van der Waals surface area contributed by atoms with Gasteiger partial charge in [-0.1, -0.05) is 36.4 Å². The zero-order valence-corrected chi connectivity index (χ0v) is 16.3. The highest BCUT2D eigenvalue weighted by molar-refractivity contribution is 7.99. The molecule has 2 aromatic rings. The summed E-state index contributed by atoms with van der Waals surface area (Å²) in [5.74, 6) is -0.0241. The van der Waals surface area contributed by atoms with Gasteiger partial charge in [0, 0.05) is 10.6 Å². The molecule has 2 aromatic carbocycles. The van der Waals surface area contributed by atoms with Crippen molar-refractivity contribution in [1.82, 2.24) is 5.32 Å². The number of benzene rings is 2. The standard InChI is InChI=1S/C21H25NO3S/c1-15-9-10-19(13-16(15)2)26-12-11-21(24)25-14-20(23)22-17(3)18-7-5-4-6-8-18/h4-10,13,17H,11-12,14H2,1-3H3,(H,22,23). The molecule has 0 spiro atoms. The largest absolute Gasteiger partial charge is 0.456 e. The van der Waals surface area contributed by atoms with E-state index in [0.717, 1.165) is 10.5 Å². The van der Waals surface area contributed by atoms with Gasteiger partial charge < -0.3 is 10.1 Å². The second-order valence-corrected chi connectivity index (χ2v) is 7.37. The lowest BCUT2D eigenvalue weighted by Crippen LogP contribution is -2.31. The molecule has 1 amide bonds. The Balaban J connectivity index is 1.66. The molecule has 4 nitrogen and oxygen atoms in total. The van der Waals surface area contributed by atoms with Crippen LogP contribution in [-0.4, -0.2) is 24.2 Å². The van der Waals surface area contributed by atoms with Gasteiger partial charge in [-0.15, -0.1) is 11.8 Å². The van der Waals surface area contributed by atoms with Crippen molar-refractivity contribution in [3.63, 3.8) is 0 Å². The predicted molar refractivity (Wildman–Crippen MR) is 105 cm³/mol. The number of hydrogen-bond acceptors (Lipinski definition) is 4. The molecule has 26 heavy (non-hydrogen) atoms. The number of ether oxygens (including phenoxy) is 1. The molecule has 0 aliphatic heterocycles. The number of esters is 1. The third kappa shape index (κ3) is 6.56. The van der Waals surface area contributed by atoms with Crippen molar-refractivity contribution in [1.29, 1.82) is 0 Å². The fourth-order valence-corrected chi connectivity index (χ4v) is 3.31. The lowest BCUT2D eigenvalue weighted by molar-refractivity contribution is -0.148. The maximum absolute atomic E-state index is 11.9. The Morgan fingerprint density at radius 2 is 1.81 bits per heavy atom. The molecule has 0 aliphatic carbocycles. The van der Waals surface area contributed by atoms with Crippen LogP contribution in [0.5, 0.6) is 0 Å². The summed E-state index contributed by atoms with van der Waals surface area (Å²) >= 11 is 1.61. The van der Waals surface area contributed by atoms with Gasteiger partial charge in [0.05, 0.1) is 12.5 Å². The quantitative estimate of drug-likeness (QED) is 0.558. The van der Waals surface area contributed by atoms with E-state index >= 15 is 0 Å². The molecule has 1 unspecified atom stereocenters. The topological polar surface area (TPSA) is 55.4 Å². The SMILES string of the molecule is Cc1ccc(SCCC(=O)OCC(=O)NC(C)c2ccccc2)cc1C. The molecule has 138 valence electrons. The van der Waals surface area contributed by atoms with E-state index in [1.54, 1.807) is 11.8 Å². The number of amides is 1. The number of hydrogen-bond donors (Lipinski definition) is 1. The summed E-state index contributed by atoms with van der Waals surface area (Å²) in [6.07, 6.45) is 0.277. The van der Waals surface area contributed by atoms with Crippen LogP contribution in [0.3, 0.4) is 0 Å². The molecule has 1 atom stereocenters. The van der Waals surface area contributed by atoms with Crippen LogP contribution in [-0.2, 0) is 14.3 Å². The van der Waals surface area contributed by atoms with Gasteiger partial charge in [-0.05, 0) is 49.6 Å². The number of carbonyl (C=O) groups excluding carboxylic acids is 2. The van der Waals surface area contributed by atoms with E-state index in [4.69, 9.17) is 4.74 Å². The first kappa shape index (κ1) is 20.0. The van der Waals surface area contributed by atoms with Crippen LogP contribution >= 0.6 is 11.8 Å². The molecule has 2 rings (SSSR count). The molecule has 0 saturated carbocycles. The minimum Gasteiger partial charge on any atom is -0.456 e. The predicted octanol–water partition coefficient (Wildman–Crippen LogP) is 4.21. The van der Waals surface area contributed by atoms with E-state index in [0.29, 0.717) is 5.75 Å². The number of rotatable bonds is 8. The highest BCUT2D eigenvalue weighted by Gasteiger charge is 2.11. The molecule has 0 saturated heterocycles. The van der Waals surface area contributed by atoms with Gasteiger partial charge in [-0.2, -0.15) is 0 Å². The van der Waals surface area contributed by atoms with Crippen LogP contribution in [0, 0.1) is 13.8 Å². The summed E-state index contributed by atoms with van der Waals surface area (Å²) in [6, 6.07) is 15.8.